The monoisotopic (exact) mass is 264 g/mol. The van der Waals surface area contributed by atoms with Gasteiger partial charge < -0.3 is 4.57 Å². The van der Waals surface area contributed by atoms with Gasteiger partial charge in [0.05, 0.1) is 17.4 Å². The lowest BCUT2D eigenvalue weighted by Crippen LogP contribution is -1.96. The van der Waals surface area contributed by atoms with E-state index in [9.17, 15) is 0 Å². The fourth-order valence-corrected chi connectivity index (χ4v) is 2.41. The molecule has 0 saturated heterocycles. The molecule has 1 aromatic heterocycles. The first-order valence-corrected chi connectivity index (χ1v) is 7.24. The van der Waals surface area contributed by atoms with Gasteiger partial charge >= 0.3 is 0 Å². The van der Waals surface area contributed by atoms with E-state index in [0.717, 1.165) is 24.4 Å². The number of imidazole rings is 1. The summed E-state index contributed by atoms with van der Waals surface area (Å²) in [6.45, 7) is 5.35. The van der Waals surface area contributed by atoms with Crippen molar-refractivity contribution in [2.75, 3.05) is 5.88 Å². The van der Waals surface area contributed by atoms with Crippen LogP contribution in [0.1, 0.15) is 36.8 Å². The lowest BCUT2D eigenvalue weighted by Gasteiger charge is -2.06. The molecule has 0 fully saturated rings. The van der Waals surface area contributed by atoms with E-state index in [1.54, 1.807) is 0 Å². The fraction of sp³-hybridized carbons (Fsp3) is 0.533. The number of benzene rings is 1. The van der Waals surface area contributed by atoms with Crippen molar-refractivity contribution in [1.82, 2.24) is 9.55 Å². The second kappa shape index (κ2) is 6.24. The number of halogens is 1. The predicted molar refractivity (Wildman–Crippen MR) is 78.4 cm³/mol. The van der Waals surface area contributed by atoms with Crippen LogP contribution in [0.4, 0.5) is 0 Å². The highest BCUT2D eigenvalue weighted by molar-refractivity contribution is 6.17. The predicted octanol–water partition coefficient (Wildman–Crippen LogP) is 4.45. The molecule has 98 valence electrons. The van der Waals surface area contributed by atoms with Gasteiger partial charge in [0, 0.05) is 12.4 Å². The molecule has 2 aromatic rings. The van der Waals surface area contributed by atoms with Crippen molar-refractivity contribution in [1.29, 1.82) is 0 Å². The smallest absolute Gasteiger partial charge is 0.0958 e. The Morgan fingerprint density at radius 2 is 1.78 bits per heavy atom. The van der Waals surface area contributed by atoms with Gasteiger partial charge in [-0.2, -0.15) is 0 Å². The zero-order valence-electron chi connectivity index (χ0n) is 11.2. The van der Waals surface area contributed by atoms with E-state index in [-0.39, 0.29) is 0 Å². The van der Waals surface area contributed by atoms with Gasteiger partial charge in [0.25, 0.3) is 0 Å². The summed E-state index contributed by atoms with van der Waals surface area (Å²) in [6.07, 6.45) is 6.77. The van der Waals surface area contributed by atoms with E-state index >= 15 is 0 Å². The maximum Gasteiger partial charge on any atom is 0.0958 e. The third-order valence-electron chi connectivity index (χ3n) is 3.52. The first kappa shape index (κ1) is 13.4. The topological polar surface area (TPSA) is 17.8 Å². The minimum absolute atomic E-state index is 0.784. The number of rotatable bonds is 6. The number of hydrogen-bond donors (Lipinski definition) is 0. The minimum atomic E-state index is 0.784. The van der Waals surface area contributed by atoms with E-state index in [4.69, 9.17) is 11.6 Å². The number of unbranched alkanes of at least 4 members (excludes halogenated alkanes) is 3. The third kappa shape index (κ3) is 3.05. The van der Waals surface area contributed by atoms with Gasteiger partial charge in [0.1, 0.15) is 0 Å². The number of hydrogen-bond acceptors (Lipinski definition) is 1. The van der Waals surface area contributed by atoms with Gasteiger partial charge in [0.15, 0.2) is 0 Å². The second-order valence-corrected chi connectivity index (χ2v) is 5.34. The summed E-state index contributed by atoms with van der Waals surface area (Å²) in [5.74, 6) is 0.784. The van der Waals surface area contributed by atoms with Gasteiger partial charge in [0.2, 0.25) is 0 Å². The molecule has 2 rings (SSSR count). The lowest BCUT2D eigenvalue weighted by molar-refractivity contribution is 0.592. The third-order valence-corrected chi connectivity index (χ3v) is 3.79. The summed E-state index contributed by atoms with van der Waals surface area (Å²) in [7, 11) is 0. The van der Waals surface area contributed by atoms with Crippen molar-refractivity contribution in [3.05, 3.63) is 29.6 Å². The molecular formula is C15H21ClN2. The molecule has 0 unspecified atom stereocenters. The van der Waals surface area contributed by atoms with Crippen molar-refractivity contribution >= 4 is 22.6 Å². The van der Waals surface area contributed by atoms with E-state index < -0.39 is 0 Å². The largest absolute Gasteiger partial charge is 0.331 e. The van der Waals surface area contributed by atoms with E-state index in [2.05, 4.69) is 35.5 Å². The molecule has 1 heterocycles. The average Bonchev–Trinajstić information content (AvgIpc) is 2.72. The standard InChI is InChI=1S/C15H21ClN2/c1-12-9-14-15(10-13(12)2)18(11-17-14)8-6-4-3-5-7-16/h9-11H,3-8H2,1-2H3. The van der Waals surface area contributed by atoms with Crippen LogP contribution in [0, 0.1) is 13.8 Å². The second-order valence-electron chi connectivity index (χ2n) is 4.97. The quantitative estimate of drug-likeness (QED) is 0.557. The first-order valence-electron chi connectivity index (χ1n) is 6.70. The van der Waals surface area contributed by atoms with Crippen LogP contribution in [0.5, 0.6) is 0 Å². The van der Waals surface area contributed by atoms with Crippen molar-refractivity contribution in [3.8, 4) is 0 Å². The van der Waals surface area contributed by atoms with E-state index in [0.29, 0.717) is 0 Å². The molecule has 0 N–H and O–H groups in total. The molecule has 0 saturated carbocycles. The van der Waals surface area contributed by atoms with Crippen molar-refractivity contribution in [2.45, 2.75) is 46.1 Å². The molecular weight excluding hydrogens is 244 g/mol. The Hall–Kier alpha value is -1.02. The van der Waals surface area contributed by atoms with Crippen LogP contribution < -0.4 is 0 Å². The van der Waals surface area contributed by atoms with Gasteiger partial charge in [-0.25, -0.2) is 4.98 Å². The molecule has 0 aliphatic heterocycles. The molecule has 18 heavy (non-hydrogen) atoms. The highest BCUT2D eigenvalue weighted by atomic mass is 35.5. The highest BCUT2D eigenvalue weighted by Crippen LogP contribution is 2.19. The van der Waals surface area contributed by atoms with Crippen LogP contribution in [0.2, 0.25) is 0 Å². The van der Waals surface area contributed by atoms with Crippen LogP contribution >= 0.6 is 11.6 Å². The van der Waals surface area contributed by atoms with Crippen LogP contribution in [-0.4, -0.2) is 15.4 Å². The molecule has 0 spiro atoms. The molecule has 0 amide bonds. The van der Waals surface area contributed by atoms with E-state index in [1.165, 1.54) is 35.9 Å². The summed E-state index contributed by atoms with van der Waals surface area (Å²) < 4.78 is 2.27. The van der Waals surface area contributed by atoms with Crippen LogP contribution in [0.3, 0.4) is 0 Å². The Balaban J connectivity index is 2.03. The normalized spacial score (nSPS) is 11.3. The Morgan fingerprint density at radius 1 is 1.06 bits per heavy atom. The Bertz CT molecular complexity index is 516. The van der Waals surface area contributed by atoms with Crippen molar-refractivity contribution in [2.24, 2.45) is 0 Å². The zero-order chi connectivity index (χ0) is 13.0. The van der Waals surface area contributed by atoms with Gasteiger partial charge in [-0.05, 0) is 49.9 Å². The fourth-order valence-electron chi connectivity index (χ4n) is 2.22. The average molecular weight is 265 g/mol. The maximum atomic E-state index is 5.68. The molecule has 0 aliphatic carbocycles. The maximum absolute atomic E-state index is 5.68. The summed E-state index contributed by atoms with van der Waals surface area (Å²) in [5.41, 5.74) is 5.02. The summed E-state index contributed by atoms with van der Waals surface area (Å²) in [4.78, 5) is 4.48. The summed E-state index contributed by atoms with van der Waals surface area (Å²) in [5, 5.41) is 0. The number of alkyl halides is 1. The number of aromatic nitrogens is 2. The number of aryl methyl sites for hydroxylation is 3. The van der Waals surface area contributed by atoms with Gasteiger partial charge in [-0.1, -0.05) is 12.8 Å². The van der Waals surface area contributed by atoms with Crippen LogP contribution in [0.15, 0.2) is 18.5 Å². The Kier molecular flexibility index (Phi) is 4.65. The molecule has 0 radical (unpaired) electrons. The van der Waals surface area contributed by atoms with Crippen molar-refractivity contribution in [3.63, 3.8) is 0 Å². The summed E-state index contributed by atoms with van der Waals surface area (Å²) in [6, 6.07) is 4.42. The molecule has 1 aromatic carbocycles. The van der Waals surface area contributed by atoms with Gasteiger partial charge in [-0.3, -0.25) is 0 Å². The molecule has 0 aliphatic rings. The SMILES string of the molecule is Cc1cc2ncn(CCCCCCCl)c2cc1C. The zero-order valence-corrected chi connectivity index (χ0v) is 12.0. The minimum Gasteiger partial charge on any atom is -0.331 e. The molecule has 3 heteroatoms. The molecule has 0 bridgehead atoms. The highest BCUT2D eigenvalue weighted by Gasteiger charge is 2.04. The Labute approximate surface area is 114 Å². The molecule has 2 nitrogen and oxygen atoms in total. The number of fused-ring (bicyclic) bond motifs is 1. The number of nitrogens with zero attached hydrogens (tertiary/aromatic N) is 2. The van der Waals surface area contributed by atoms with Crippen LogP contribution in [-0.2, 0) is 6.54 Å². The first-order chi connectivity index (χ1) is 8.72. The summed E-state index contributed by atoms with van der Waals surface area (Å²) >= 11 is 5.68. The van der Waals surface area contributed by atoms with Crippen LogP contribution in [0.25, 0.3) is 11.0 Å². The van der Waals surface area contributed by atoms with Crippen molar-refractivity contribution < 1.29 is 0 Å². The molecule has 0 atom stereocenters. The van der Waals surface area contributed by atoms with E-state index in [1.807, 2.05) is 6.33 Å². The van der Waals surface area contributed by atoms with Gasteiger partial charge in [-0.15, -0.1) is 11.6 Å². The Morgan fingerprint density at radius 3 is 2.56 bits per heavy atom. The lowest BCUT2D eigenvalue weighted by atomic mass is 10.1.